The third-order valence-corrected chi connectivity index (χ3v) is 2.96. The van der Waals surface area contributed by atoms with E-state index >= 15 is 0 Å². The molecule has 1 heterocycles. The van der Waals surface area contributed by atoms with Gasteiger partial charge in [-0.2, -0.15) is 0 Å². The number of hydrogen-bond acceptors (Lipinski definition) is 3. The number of carbonyl (C=O) groups is 1. The Balaban J connectivity index is 1.71. The first-order valence-electron chi connectivity index (χ1n) is 6.23. The monoisotopic (exact) mass is 267 g/mol. The van der Waals surface area contributed by atoms with Crippen molar-refractivity contribution < 1.29 is 9.90 Å². The van der Waals surface area contributed by atoms with Gasteiger partial charge in [-0.15, -0.1) is 0 Å². The van der Waals surface area contributed by atoms with Gasteiger partial charge >= 0.3 is 0 Å². The van der Waals surface area contributed by atoms with Crippen molar-refractivity contribution in [2.45, 2.75) is 6.54 Å². The summed E-state index contributed by atoms with van der Waals surface area (Å²) in [4.78, 5) is 19.4. The largest absolute Gasteiger partial charge is 0.508 e. The van der Waals surface area contributed by atoms with Gasteiger partial charge in [0.05, 0.1) is 17.6 Å². The molecule has 0 saturated heterocycles. The van der Waals surface area contributed by atoms with Gasteiger partial charge in [0.25, 0.3) is 5.91 Å². The fourth-order valence-electron chi connectivity index (χ4n) is 2.00. The molecule has 0 aliphatic rings. The molecular weight excluding hydrogens is 254 g/mol. The molecule has 0 aliphatic carbocycles. The number of benzene rings is 2. The highest BCUT2D eigenvalue weighted by atomic mass is 16.3. The summed E-state index contributed by atoms with van der Waals surface area (Å²) in [5, 5.41) is 12.1. The topological polar surface area (TPSA) is 78.0 Å². The van der Waals surface area contributed by atoms with Crippen molar-refractivity contribution in [3.05, 3.63) is 59.9 Å². The van der Waals surface area contributed by atoms with Crippen molar-refractivity contribution in [3.8, 4) is 5.75 Å². The minimum Gasteiger partial charge on any atom is -0.508 e. The van der Waals surface area contributed by atoms with E-state index in [0.717, 1.165) is 11.0 Å². The van der Waals surface area contributed by atoms with Crippen molar-refractivity contribution in [1.82, 2.24) is 15.3 Å². The third kappa shape index (κ3) is 2.47. The molecule has 3 rings (SSSR count). The molecule has 0 unspecified atom stereocenters. The zero-order valence-electron chi connectivity index (χ0n) is 10.6. The number of imidazole rings is 1. The molecule has 0 fully saturated rings. The maximum Gasteiger partial charge on any atom is 0.251 e. The SMILES string of the molecule is O=C(NCc1nc2ccccc2[nH]1)c1cccc(O)c1. The Hall–Kier alpha value is -2.82. The second kappa shape index (κ2) is 5.05. The van der Waals surface area contributed by atoms with E-state index in [9.17, 15) is 9.90 Å². The van der Waals surface area contributed by atoms with Crippen molar-refractivity contribution >= 4 is 16.9 Å². The van der Waals surface area contributed by atoms with Crippen LogP contribution in [0.15, 0.2) is 48.5 Å². The number of H-pyrrole nitrogens is 1. The lowest BCUT2D eigenvalue weighted by Crippen LogP contribution is -2.23. The van der Waals surface area contributed by atoms with Crippen LogP contribution in [0.4, 0.5) is 0 Å². The Labute approximate surface area is 115 Å². The minimum absolute atomic E-state index is 0.0707. The number of phenols is 1. The summed E-state index contributed by atoms with van der Waals surface area (Å²) in [7, 11) is 0. The van der Waals surface area contributed by atoms with Crippen LogP contribution in [0, 0.1) is 0 Å². The van der Waals surface area contributed by atoms with Gasteiger partial charge in [-0.1, -0.05) is 18.2 Å². The maximum absolute atomic E-state index is 11.9. The fraction of sp³-hybridized carbons (Fsp3) is 0.0667. The summed E-state index contributed by atoms with van der Waals surface area (Å²) in [6.45, 7) is 0.309. The Kier molecular flexibility index (Phi) is 3.09. The Morgan fingerprint density at radius 1 is 1.20 bits per heavy atom. The fourth-order valence-corrected chi connectivity index (χ4v) is 2.00. The molecule has 3 N–H and O–H groups in total. The summed E-state index contributed by atoms with van der Waals surface area (Å²) in [6.07, 6.45) is 0. The number of amides is 1. The van der Waals surface area contributed by atoms with Gasteiger partial charge in [0.1, 0.15) is 11.6 Å². The molecule has 1 amide bonds. The predicted octanol–water partition coefficient (Wildman–Crippen LogP) is 2.20. The van der Waals surface area contributed by atoms with Crippen LogP contribution in [-0.4, -0.2) is 21.0 Å². The van der Waals surface area contributed by atoms with Crippen LogP contribution < -0.4 is 5.32 Å². The molecule has 2 aromatic carbocycles. The number of nitrogens with one attached hydrogen (secondary N) is 2. The lowest BCUT2D eigenvalue weighted by molar-refractivity contribution is 0.0949. The number of fused-ring (bicyclic) bond motifs is 1. The summed E-state index contributed by atoms with van der Waals surface area (Å²) in [5.41, 5.74) is 2.23. The molecule has 0 radical (unpaired) electrons. The van der Waals surface area contributed by atoms with Gasteiger partial charge in [-0.25, -0.2) is 4.98 Å². The van der Waals surface area contributed by atoms with Gasteiger partial charge in [-0.3, -0.25) is 4.79 Å². The quantitative estimate of drug-likeness (QED) is 0.680. The number of aromatic hydroxyl groups is 1. The van der Waals surface area contributed by atoms with Crippen molar-refractivity contribution in [2.24, 2.45) is 0 Å². The van der Waals surface area contributed by atoms with E-state index in [1.807, 2.05) is 24.3 Å². The average Bonchev–Trinajstić information content (AvgIpc) is 2.87. The molecule has 0 atom stereocenters. The molecular formula is C15H13N3O2. The molecule has 1 aromatic heterocycles. The average molecular weight is 267 g/mol. The summed E-state index contributed by atoms with van der Waals surface area (Å²) in [5.74, 6) is 0.516. The second-order valence-corrected chi connectivity index (χ2v) is 4.43. The van der Waals surface area contributed by atoms with E-state index < -0.39 is 0 Å². The smallest absolute Gasteiger partial charge is 0.251 e. The Morgan fingerprint density at radius 2 is 2.05 bits per heavy atom. The zero-order valence-corrected chi connectivity index (χ0v) is 10.6. The Morgan fingerprint density at radius 3 is 2.85 bits per heavy atom. The maximum atomic E-state index is 11.9. The van der Waals surface area contributed by atoms with E-state index in [0.29, 0.717) is 17.9 Å². The first-order valence-corrected chi connectivity index (χ1v) is 6.23. The standard InChI is InChI=1S/C15H13N3O2/c19-11-5-3-4-10(8-11)15(20)16-9-14-17-12-6-1-2-7-13(12)18-14/h1-8,19H,9H2,(H,16,20)(H,17,18). The minimum atomic E-state index is -0.249. The number of hydrogen-bond donors (Lipinski definition) is 3. The number of aromatic amines is 1. The van der Waals surface area contributed by atoms with Crippen LogP contribution in [0.5, 0.6) is 5.75 Å². The van der Waals surface area contributed by atoms with Gasteiger partial charge in [0.15, 0.2) is 0 Å². The van der Waals surface area contributed by atoms with E-state index in [1.165, 1.54) is 12.1 Å². The summed E-state index contributed by atoms with van der Waals surface area (Å²) >= 11 is 0. The molecule has 3 aromatic rings. The normalized spacial score (nSPS) is 10.6. The third-order valence-electron chi connectivity index (χ3n) is 2.96. The highest BCUT2D eigenvalue weighted by Gasteiger charge is 2.07. The van der Waals surface area contributed by atoms with E-state index in [-0.39, 0.29) is 11.7 Å². The molecule has 20 heavy (non-hydrogen) atoms. The van der Waals surface area contributed by atoms with Gasteiger partial charge in [0.2, 0.25) is 0 Å². The number of phenolic OH excluding ortho intramolecular Hbond substituents is 1. The van der Waals surface area contributed by atoms with Crippen LogP contribution >= 0.6 is 0 Å². The van der Waals surface area contributed by atoms with Crippen LogP contribution in [0.2, 0.25) is 0 Å². The van der Waals surface area contributed by atoms with Gasteiger partial charge < -0.3 is 15.4 Å². The lowest BCUT2D eigenvalue weighted by Gasteiger charge is -2.03. The molecule has 5 heteroatoms. The summed E-state index contributed by atoms with van der Waals surface area (Å²) < 4.78 is 0. The molecule has 0 spiro atoms. The van der Waals surface area contributed by atoms with Gasteiger partial charge in [-0.05, 0) is 30.3 Å². The highest BCUT2D eigenvalue weighted by Crippen LogP contribution is 2.12. The highest BCUT2D eigenvalue weighted by molar-refractivity contribution is 5.94. The first kappa shape index (κ1) is 12.2. The second-order valence-electron chi connectivity index (χ2n) is 4.43. The van der Waals surface area contributed by atoms with E-state index in [2.05, 4.69) is 15.3 Å². The first-order chi connectivity index (χ1) is 9.72. The molecule has 5 nitrogen and oxygen atoms in total. The molecule has 100 valence electrons. The number of rotatable bonds is 3. The Bertz CT molecular complexity index is 731. The number of aromatic nitrogens is 2. The van der Waals surface area contributed by atoms with Crippen molar-refractivity contribution in [2.75, 3.05) is 0 Å². The van der Waals surface area contributed by atoms with Crippen LogP contribution in [0.25, 0.3) is 11.0 Å². The number of para-hydroxylation sites is 2. The molecule has 0 bridgehead atoms. The molecule has 0 aliphatic heterocycles. The van der Waals surface area contributed by atoms with Crippen LogP contribution in [0.1, 0.15) is 16.2 Å². The number of carbonyl (C=O) groups excluding carboxylic acids is 1. The van der Waals surface area contributed by atoms with Crippen molar-refractivity contribution in [3.63, 3.8) is 0 Å². The zero-order chi connectivity index (χ0) is 13.9. The molecule has 0 saturated carbocycles. The van der Waals surface area contributed by atoms with Crippen LogP contribution in [-0.2, 0) is 6.54 Å². The van der Waals surface area contributed by atoms with Gasteiger partial charge in [0, 0.05) is 5.56 Å². The van der Waals surface area contributed by atoms with E-state index in [4.69, 9.17) is 0 Å². The number of nitrogens with zero attached hydrogens (tertiary/aromatic N) is 1. The van der Waals surface area contributed by atoms with Crippen molar-refractivity contribution in [1.29, 1.82) is 0 Å². The van der Waals surface area contributed by atoms with E-state index in [1.54, 1.807) is 12.1 Å². The predicted molar refractivity (Wildman–Crippen MR) is 75.4 cm³/mol. The lowest BCUT2D eigenvalue weighted by atomic mass is 10.2. The van der Waals surface area contributed by atoms with Crippen LogP contribution in [0.3, 0.4) is 0 Å². The summed E-state index contributed by atoms with van der Waals surface area (Å²) in [6, 6.07) is 13.9.